The second-order valence-corrected chi connectivity index (χ2v) is 8.59. The molecule has 29 heavy (non-hydrogen) atoms. The number of halogens is 1. The van der Waals surface area contributed by atoms with Gasteiger partial charge in [-0.15, -0.1) is 0 Å². The minimum atomic E-state index is -3.61. The monoisotopic (exact) mass is 438 g/mol. The maximum Gasteiger partial charge on any atom is 0.338 e. The maximum absolute atomic E-state index is 12.7. The normalized spacial score (nSPS) is 15.8. The topological polar surface area (TPSA) is 102 Å². The average Bonchev–Trinajstić information content (AvgIpc) is 2.68. The zero-order valence-electron chi connectivity index (χ0n) is 15.7. The molecule has 3 rings (SSSR count). The predicted molar refractivity (Wildman–Crippen MR) is 109 cm³/mol. The number of rotatable bonds is 5. The smallest absolute Gasteiger partial charge is 0.338 e. The summed E-state index contributed by atoms with van der Waals surface area (Å²) in [6.07, 6.45) is -0.0184. The number of para-hydroxylation sites is 2. The van der Waals surface area contributed by atoms with Crippen molar-refractivity contribution in [2.24, 2.45) is 0 Å². The van der Waals surface area contributed by atoms with Crippen LogP contribution >= 0.6 is 11.6 Å². The van der Waals surface area contributed by atoms with Gasteiger partial charge >= 0.3 is 5.97 Å². The number of hydrogen-bond acceptors (Lipinski definition) is 6. The first-order valence-electron chi connectivity index (χ1n) is 8.71. The Labute approximate surface area is 173 Å². The molecular weight excluding hydrogens is 420 g/mol. The van der Waals surface area contributed by atoms with E-state index in [1.54, 1.807) is 31.2 Å². The van der Waals surface area contributed by atoms with Gasteiger partial charge in [0.25, 0.3) is 5.91 Å². The summed E-state index contributed by atoms with van der Waals surface area (Å²) in [6.45, 7) is 1.74. The summed E-state index contributed by atoms with van der Waals surface area (Å²) in [7, 11) is -3.61. The zero-order chi connectivity index (χ0) is 21.2. The van der Waals surface area contributed by atoms with Gasteiger partial charge in [0.1, 0.15) is 5.75 Å². The quantitative estimate of drug-likeness (QED) is 0.720. The highest BCUT2D eigenvalue weighted by Crippen LogP contribution is 2.35. The van der Waals surface area contributed by atoms with E-state index in [2.05, 4.69) is 5.32 Å². The molecule has 0 fully saturated rings. The van der Waals surface area contributed by atoms with Crippen LogP contribution in [0.4, 0.5) is 11.4 Å². The lowest BCUT2D eigenvalue weighted by molar-refractivity contribution is -0.122. The number of nitrogens with one attached hydrogen (secondary N) is 1. The number of hydrogen-bond donors (Lipinski definition) is 1. The second-order valence-electron chi connectivity index (χ2n) is 6.27. The molecule has 1 amide bonds. The van der Waals surface area contributed by atoms with Gasteiger partial charge in [0.05, 0.1) is 41.4 Å². The molecule has 1 N–H and O–H groups in total. The highest BCUT2D eigenvalue weighted by molar-refractivity contribution is 7.92. The summed E-state index contributed by atoms with van der Waals surface area (Å²) < 4.78 is 36.0. The van der Waals surface area contributed by atoms with Crippen molar-refractivity contribution in [2.75, 3.05) is 29.0 Å². The molecule has 1 aliphatic rings. The van der Waals surface area contributed by atoms with E-state index in [1.165, 1.54) is 18.2 Å². The van der Waals surface area contributed by atoms with Crippen LogP contribution in [0.3, 0.4) is 0 Å². The van der Waals surface area contributed by atoms with E-state index in [4.69, 9.17) is 21.1 Å². The number of carbonyl (C=O) groups is 2. The number of carbonyl (C=O) groups excluding carboxylic acids is 2. The highest BCUT2D eigenvalue weighted by atomic mass is 35.5. The van der Waals surface area contributed by atoms with Gasteiger partial charge < -0.3 is 14.8 Å². The first-order chi connectivity index (χ1) is 13.7. The Hall–Kier alpha value is -2.78. The number of esters is 1. The zero-order valence-corrected chi connectivity index (χ0v) is 17.3. The number of anilines is 2. The molecule has 1 heterocycles. The highest BCUT2D eigenvalue weighted by Gasteiger charge is 2.35. The maximum atomic E-state index is 12.7. The van der Waals surface area contributed by atoms with Crippen LogP contribution in [0.2, 0.25) is 5.02 Å². The van der Waals surface area contributed by atoms with E-state index in [0.717, 1.165) is 10.6 Å². The number of ether oxygens (including phenoxy) is 2. The van der Waals surface area contributed by atoms with Gasteiger partial charge in [0.15, 0.2) is 6.10 Å². The minimum Gasteiger partial charge on any atom is -0.476 e. The molecule has 0 saturated heterocycles. The molecule has 2 aromatic rings. The Kier molecular flexibility index (Phi) is 5.99. The van der Waals surface area contributed by atoms with Crippen LogP contribution in [0.25, 0.3) is 0 Å². The first kappa shape index (κ1) is 20.9. The molecule has 0 spiro atoms. The third-order valence-corrected chi connectivity index (χ3v) is 5.62. The number of benzene rings is 2. The van der Waals surface area contributed by atoms with Gasteiger partial charge in [-0.05, 0) is 37.3 Å². The van der Waals surface area contributed by atoms with Crippen molar-refractivity contribution in [3.63, 3.8) is 0 Å². The fraction of sp³-hybridized carbons (Fsp3) is 0.263. The van der Waals surface area contributed by atoms with E-state index in [9.17, 15) is 18.0 Å². The largest absolute Gasteiger partial charge is 0.476 e. The van der Waals surface area contributed by atoms with Gasteiger partial charge in [0, 0.05) is 0 Å². The van der Waals surface area contributed by atoms with Crippen LogP contribution in [-0.2, 0) is 19.6 Å². The van der Waals surface area contributed by atoms with Gasteiger partial charge in [-0.2, -0.15) is 0 Å². The Morgan fingerprint density at radius 1 is 1.28 bits per heavy atom. The molecule has 0 aliphatic carbocycles. The predicted octanol–water partition coefficient (Wildman–Crippen LogP) is 2.68. The van der Waals surface area contributed by atoms with Crippen molar-refractivity contribution in [3.8, 4) is 5.75 Å². The lowest BCUT2D eigenvalue weighted by Crippen LogP contribution is -2.48. The van der Waals surface area contributed by atoms with Crippen molar-refractivity contribution in [3.05, 3.63) is 53.1 Å². The number of amides is 1. The van der Waals surface area contributed by atoms with E-state index in [-0.39, 0.29) is 35.2 Å². The van der Waals surface area contributed by atoms with Crippen LogP contribution in [0.15, 0.2) is 42.5 Å². The molecule has 1 aliphatic heterocycles. The van der Waals surface area contributed by atoms with Crippen LogP contribution in [0.5, 0.6) is 5.75 Å². The molecule has 2 aromatic carbocycles. The number of nitrogens with zero attached hydrogens (tertiary/aromatic N) is 1. The van der Waals surface area contributed by atoms with Gasteiger partial charge in [0.2, 0.25) is 10.0 Å². The fourth-order valence-electron chi connectivity index (χ4n) is 2.82. The van der Waals surface area contributed by atoms with Crippen molar-refractivity contribution in [1.82, 2.24) is 0 Å². The van der Waals surface area contributed by atoms with Crippen LogP contribution in [0, 0.1) is 0 Å². The molecule has 154 valence electrons. The lowest BCUT2D eigenvalue weighted by atomic mass is 10.2. The molecule has 1 atom stereocenters. The summed E-state index contributed by atoms with van der Waals surface area (Å²) in [5.41, 5.74) is 0.884. The van der Waals surface area contributed by atoms with Crippen molar-refractivity contribution < 1.29 is 27.5 Å². The van der Waals surface area contributed by atoms with Crippen LogP contribution < -0.4 is 14.4 Å². The second kappa shape index (κ2) is 8.30. The standard InChI is InChI=1S/C19H19ClN2O6S/c1-3-27-19(24)12-8-9-14(13(20)10-12)21-18(23)17-11-22(29(2,25)26)15-6-4-5-7-16(15)28-17/h4-10,17H,3,11H2,1-2H3,(H,21,23)/t17-/m0/s1. The van der Waals surface area contributed by atoms with E-state index >= 15 is 0 Å². The van der Waals surface area contributed by atoms with Crippen LogP contribution in [0.1, 0.15) is 17.3 Å². The number of fused-ring (bicyclic) bond motifs is 1. The van der Waals surface area contributed by atoms with Crippen molar-refractivity contribution in [2.45, 2.75) is 13.0 Å². The Morgan fingerprint density at radius 2 is 2.00 bits per heavy atom. The van der Waals surface area contributed by atoms with Crippen LogP contribution in [-0.4, -0.2) is 45.8 Å². The summed E-state index contributed by atoms with van der Waals surface area (Å²) in [5.74, 6) is -0.810. The third-order valence-electron chi connectivity index (χ3n) is 4.17. The molecule has 10 heteroatoms. The third kappa shape index (κ3) is 4.63. The summed E-state index contributed by atoms with van der Waals surface area (Å²) in [4.78, 5) is 24.5. The molecule has 0 bridgehead atoms. The van der Waals surface area contributed by atoms with Gasteiger partial charge in [-0.1, -0.05) is 23.7 Å². The molecule has 0 aromatic heterocycles. The van der Waals surface area contributed by atoms with Gasteiger partial charge in [-0.25, -0.2) is 13.2 Å². The SMILES string of the molecule is CCOC(=O)c1ccc(NC(=O)[C@@H]2CN(S(C)(=O)=O)c3ccccc3O2)c(Cl)c1. The summed E-state index contributed by atoms with van der Waals surface area (Å²) in [5, 5.41) is 2.75. The Bertz CT molecular complexity index is 1060. The van der Waals surface area contributed by atoms with E-state index < -0.39 is 28.0 Å². The lowest BCUT2D eigenvalue weighted by Gasteiger charge is -2.33. The van der Waals surface area contributed by atoms with Crippen molar-refractivity contribution in [1.29, 1.82) is 0 Å². The summed E-state index contributed by atoms with van der Waals surface area (Å²) in [6, 6.07) is 10.9. The van der Waals surface area contributed by atoms with E-state index in [0.29, 0.717) is 5.69 Å². The van der Waals surface area contributed by atoms with Gasteiger partial charge in [-0.3, -0.25) is 9.10 Å². The molecular formula is C19H19ClN2O6S. The van der Waals surface area contributed by atoms with Crippen molar-refractivity contribution >= 4 is 44.9 Å². The summed E-state index contributed by atoms with van der Waals surface area (Å²) >= 11 is 6.17. The molecule has 0 radical (unpaired) electrons. The average molecular weight is 439 g/mol. The Morgan fingerprint density at radius 3 is 2.66 bits per heavy atom. The molecule has 8 nitrogen and oxygen atoms in total. The fourth-order valence-corrected chi connectivity index (χ4v) is 3.97. The number of sulfonamides is 1. The molecule has 0 unspecified atom stereocenters. The first-order valence-corrected chi connectivity index (χ1v) is 10.9. The molecule has 0 saturated carbocycles. The Balaban J connectivity index is 1.80. The van der Waals surface area contributed by atoms with E-state index in [1.807, 2.05) is 0 Å². The minimum absolute atomic E-state index is 0.139.